The number of rotatable bonds is 6. The van der Waals surface area contributed by atoms with Gasteiger partial charge < -0.3 is 15.4 Å². The summed E-state index contributed by atoms with van der Waals surface area (Å²) in [5.41, 5.74) is 1.19. The number of aromatic nitrogens is 1. The van der Waals surface area contributed by atoms with E-state index < -0.39 is 0 Å². The monoisotopic (exact) mass is 422 g/mol. The second kappa shape index (κ2) is 9.13. The van der Waals surface area contributed by atoms with Gasteiger partial charge in [-0.2, -0.15) is 0 Å². The van der Waals surface area contributed by atoms with Crippen LogP contribution in [0.1, 0.15) is 44.1 Å². The zero-order chi connectivity index (χ0) is 21.2. The molecule has 0 radical (unpaired) electrons. The van der Waals surface area contributed by atoms with Gasteiger partial charge in [0, 0.05) is 37.3 Å². The lowest BCUT2D eigenvalue weighted by molar-refractivity contribution is -0.121. The van der Waals surface area contributed by atoms with E-state index in [2.05, 4.69) is 45.6 Å². The first-order valence-electron chi connectivity index (χ1n) is 11.9. The fourth-order valence-electron chi connectivity index (χ4n) is 5.58. The minimum Gasteiger partial charge on any atom is -0.378 e. The van der Waals surface area contributed by atoms with Crippen molar-refractivity contribution in [1.29, 1.82) is 0 Å². The molecular formula is C25H34N4O2. The van der Waals surface area contributed by atoms with Crippen LogP contribution in [0.2, 0.25) is 0 Å². The number of amides is 1. The van der Waals surface area contributed by atoms with Crippen LogP contribution in [0.3, 0.4) is 0 Å². The molecule has 166 valence electrons. The zero-order valence-electron chi connectivity index (χ0n) is 18.5. The molecule has 1 atom stereocenters. The number of fused-ring (bicyclic) bond motifs is 1. The van der Waals surface area contributed by atoms with E-state index in [1.54, 1.807) is 6.20 Å². The van der Waals surface area contributed by atoms with E-state index in [-0.39, 0.29) is 18.5 Å². The average Bonchev–Trinajstić information content (AvgIpc) is 3.29. The predicted molar refractivity (Wildman–Crippen MR) is 123 cm³/mol. The Bertz CT molecular complexity index is 913. The van der Waals surface area contributed by atoms with Crippen LogP contribution in [0.15, 0.2) is 30.5 Å². The number of nitrogens with zero attached hydrogens (tertiary/aromatic N) is 2. The Kier molecular flexibility index (Phi) is 6.10. The highest BCUT2D eigenvalue weighted by Crippen LogP contribution is 2.35. The fourth-order valence-corrected chi connectivity index (χ4v) is 5.58. The molecule has 31 heavy (non-hydrogen) atoms. The predicted octanol–water partition coefficient (Wildman–Crippen LogP) is 3.49. The Hall–Kier alpha value is -2.18. The third kappa shape index (κ3) is 4.70. The van der Waals surface area contributed by atoms with E-state index in [1.165, 1.54) is 44.1 Å². The van der Waals surface area contributed by atoms with Crippen LogP contribution in [-0.4, -0.2) is 60.2 Å². The molecule has 5 rings (SSSR count). The van der Waals surface area contributed by atoms with Crippen molar-refractivity contribution < 1.29 is 9.53 Å². The summed E-state index contributed by atoms with van der Waals surface area (Å²) in [5.74, 6) is 1.58. The number of benzene rings is 1. The molecule has 1 aromatic carbocycles. The maximum atomic E-state index is 12.5. The minimum absolute atomic E-state index is 0.0400. The number of hydrogen-bond donors (Lipinski definition) is 2. The number of hydrogen-bond acceptors (Lipinski definition) is 5. The van der Waals surface area contributed by atoms with Gasteiger partial charge in [-0.15, -0.1) is 0 Å². The standard InChI is InChI=1S/C25H34N4O2/c1-17-4-5-18-10-11-26-25(22(18)13-17)27-14-24(30)28-20-15-29(16-20)21-8-6-19(7-9-21)23-3-2-12-31-23/h4-5,10-11,13,19-21,23H,2-3,6-9,12,14-16H2,1H3,(H,26,27)(H,28,30)/t19-,21+,23?. The first-order valence-corrected chi connectivity index (χ1v) is 11.9. The Balaban J connectivity index is 1.05. The van der Waals surface area contributed by atoms with Gasteiger partial charge in [-0.05, 0) is 68.9 Å². The number of aryl methyl sites for hydroxylation is 1. The van der Waals surface area contributed by atoms with E-state index in [0.29, 0.717) is 12.1 Å². The normalized spacial score (nSPS) is 27.2. The molecule has 2 saturated heterocycles. The van der Waals surface area contributed by atoms with Crippen molar-refractivity contribution in [2.75, 3.05) is 31.6 Å². The molecule has 6 nitrogen and oxygen atoms in total. The van der Waals surface area contributed by atoms with Gasteiger partial charge in [0.1, 0.15) is 5.82 Å². The van der Waals surface area contributed by atoms with E-state index in [1.807, 2.05) is 6.07 Å². The SMILES string of the molecule is Cc1ccc2ccnc(NCC(=O)NC3CN([C@H]4CC[C@@H](C5CCCO5)CC4)C3)c2c1. The van der Waals surface area contributed by atoms with Gasteiger partial charge in [0.15, 0.2) is 0 Å². The molecule has 3 fully saturated rings. The van der Waals surface area contributed by atoms with Crippen molar-refractivity contribution in [3.8, 4) is 0 Å². The summed E-state index contributed by atoms with van der Waals surface area (Å²) >= 11 is 0. The summed E-state index contributed by atoms with van der Waals surface area (Å²) in [6.45, 7) is 5.24. The molecule has 1 aromatic heterocycles. The third-order valence-electron chi connectivity index (χ3n) is 7.36. The second-order valence-electron chi connectivity index (χ2n) is 9.58. The number of carbonyl (C=O) groups is 1. The average molecular weight is 423 g/mol. The number of nitrogens with one attached hydrogen (secondary N) is 2. The van der Waals surface area contributed by atoms with Crippen LogP contribution in [0.4, 0.5) is 5.82 Å². The highest BCUT2D eigenvalue weighted by molar-refractivity contribution is 5.93. The van der Waals surface area contributed by atoms with Gasteiger partial charge in [0.05, 0.1) is 18.7 Å². The van der Waals surface area contributed by atoms with Gasteiger partial charge in [-0.25, -0.2) is 4.98 Å². The lowest BCUT2D eigenvalue weighted by atomic mass is 9.80. The quantitative estimate of drug-likeness (QED) is 0.746. The fraction of sp³-hybridized carbons (Fsp3) is 0.600. The van der Waals surface area contributed by atoms with Crippen LogP contribution < -0.4 is 10.6 Å². The van der Waals surface area contributed by atoms with Gasteiger partial charge in [0.2, 0.25) is 5.91 Å². The number of anilines is 1. The van der Waals surface area contributed by atoms with E-state index in [4.69, 9.17) is 4.74 Å². The Labute approximate surface area is 184 Å². The van der Waals surface area contributed by atoms with Gasteiger partial charge in [-0.1, -0.05) is 17.7 Å². The lowest BCUT2D eigenvalue weighted by Crippen LogP contribution is -2.63. The van der Waals surface area contributed by atoms with Crippen LogP contribution >= 0.6 is 0 Å². The summed E-state index contributed by atoms with van der Waals surface area (Å²) in [4.78, 5) is 19.4. The molecule has 1 amide bonds. The number of pyridine rings is 1. The molecule has 6 heteroatoms. The van der Waals surface area contributed by atoms with Gasteiger partial charge in [-0.3, -0.25) is 9.69 Å². The molecule has 3 heterocycles. The summed E-state index contributed by atoms with van der Waals surface area (Å²) in [6, 6.07) is 9.25. The Morgan fingerprint density at radius 1 is 1.16 bits per heavy atom. The molecule has 2 N–H and O–H groups in total. The van der Waals surface area contributed by atoms with Gasteiger partial charge in [0.25, 0.3) is 0 Å². The van der Waals surface area contributed by atoms with Gasteiger partial charge >= 0.3 is 0 Å². The molecule has 0 bridgehead atoms. The highest BCUT2D eigenvalue weighted by Gasteiger charge is 2.37. The second-order valence-corrected chi connectivity index (χ2v) is 9.58. The summed E-state index contributed by atoms with van der Waals surface area (Å²) < 4.78 is 5.90. The van der Waals surface area contributed by atoms with Crippen molar-refractivity contribution in [2.45, 2.75) is 63.6 Å². The smallest absolute Gasteiger partial charge is 0.239 e. The molecule has 2 aliphatic heterocycles. The Morgan fingerprint density at radius 3 is 2.77 bits per heavy atom. The summed E-state index contributed by atoms with van der Waals surface area (Å²) in [6.07, 6.45) is 9.96. The van der Waals surface area contributed by atoms with E-state index in [9.17, 15) is 4.79 Å². The van der Waals surface area contributed by atoms with Crippen molar-refractivity contribution in [2.24, 2.45) is 5.92 Å². The first kappa shape index (κ1) is 20.7. The lowest BCUT2D eigenvalue weighted by Gasteiger charge is -2.47. The van der Waals surface area contributed by atoms with E-state index >= 15 is 0 Å². The maximum absolute atomic E-state index is 12.5. The Morgan fingerprint density at radius 2 is 2.00 bits per heavy atom. The molecular weight excluding hydrogens is 388 g/mol. The topological polar surface area (TPSA) is 66.5 Å². The summed E-state index contributed by atoms with van der Waals surface area (Å²) in [7, 11) is 0. The van der Waals surface area contributed by atoms with Crippen LogP contribution in [-0.2, 0) is 9.53 Å². The highest BCUT2D eigenvalue weighted by atomic mass is 16.5. The van der Waals surface area contributed by atoms with Crippen LogP contribution in [0.5, 0.6) is 0 Å². The largest absolute Gasteiger partial charge is 0.378 e. The summed E-state index contributed by atoms with van der Waals surface area (Å²) in [5, 5.41) is 8.59. The third-order valence-corrected chi connectivity index (χ3v) is 7.36. The molecule has 3 aliphatic rings. The first-order chi connectivity index (χ1) is 15.2. The zero-order valence-corrected chi connectivity index (χ0v) is 18.5. The number of likely N-dealkylation sites (tertiary alicyclic amines) is 1. The van der Waals surface area contributed by atoms with E-state index in [0.717, 1.165) is 42.2 Å². The number of carbonyl (C=O) groups excluding carboxylic acids is 1. The van der Waals surface area contributed by atoms with Crippen LogP contribution in [0, 0.1) is 12.8 Å². The van der Waals surface area contributed by atoms with Crippen LogP contribution in [0.25, 0.3) is 10.8 Å². The van der Waals surface area contributed by atoms with Crippen molar-refractivity contribution >= 4 is 22.5 Å². The molecule has 1 saturated carbocycles. The van der Waals surface area contributed by atoms with Crippen molar-refractivity contribution in [3.63, 3.8) is 0 Å². The maximum Gasteiger partial charge on any atom is 0.239 e. The van der Waals surface area contributed by atoms with Crippen molar-refractivity contribution in [3.05, 3.63) is 36.0 Å². The molecule has 1 unspecified atom stereocenters. The number of ether oxygens (including phenoxy) is 1. The van der Waals surface area contributed by atoms with Crippen molar-refractivity contribution in [1.82, 2.24) is 15.2 Å². The molecule has 2 aromatic rings. The molecule has 1 aliphatic carbocycles. The molecule has 0 spiro atoms. The minimum atomic E-state index is 0.0400.